The van der Waals surface area contributed by atoms with Gasteiger partial charge in [-0.3, -0.25) is 4.90 Å². The van der Waals surface area contributed by atoms with Gasteiger partial charge in [-0.15, -0.1) is 0 Å². The van der Waals surface area contributed by atoms with Gasteiger partial charge in [0, 0.05) is 37.9 Å². The first-order valence-corrected chi connectivity index (χ1v) is 15.2. The number of fused-ring (bicyclic) bond motifs is 2. The molecule has 4 nitrogen and oxygen atoms in total. The zero-order valence-corrected chi connectivity index (χ0v) is 24.4. The van der Waals surface area contributed by atoms with E-state index in [0.717, 1.165) is 51.0 Å². The standard InChI is InChI=1S/C19H29NO.C15H22N2/c1-4-15(3)13-20(5-2)14-16-11-17-9-7-6-8-10-18(17)19(21)12-16;1-11-7-9-17(12(11)2)10-13-4-3-5-15-14(13)6-8-16-15/h5,11-12,15,21H,2,4,6-10,13-14H2,1,3H3;3-5,11-12,16H,6-10H2,1-2H3/t;11-,12?/m.1/s1. The summed E-state index contributed by atoms with van der Waals surface area (Å²) in [7, 11) is 0. The van der Waals surface area contributed by atoms with Crippen molar-refractivity contribution >= 4 is 5.69 Å². The molecule has 0 bridgehead atoms. The molecule has 2 heterocycles. The molecule has 1 fully saturated rings. The van der Waals surface area contributed by atoms with Crippen LogP contribution in [-0.2, 0) is 32.4 Å². The number of aromatic hydroxyl groups is 1. The van der Waals surface area contributed by atoms with Crippen molar-refractivity contribution in [3.63, 3.8) is 0 Å². The number of benzene rings is 2. The Balaban J connectivity index is 0.000000180. The third kappa shape index (κ3) is 7.14. The van der Waals surface area contributed by atoms with E-state index in [-0.39, 0.29) is 0 Å². The minimum atomic E-state index is 0.497. The summed E-state index contributed by atoms with van der Waals surface area (Å²) in [6, 6.07) is 11.7. The molecule has 2 aromatic rings. The summed E-state index contributed by atoms with van der Waals surface area (Å²) < 4.78 is 0. The third-order valence-electron chi connectivity index (χ3n) is 9.25. The smallest absolute Gasteiger partial charge is 0.119 e. The molecule has 2 aromatic carbocycles. The number of hydrogen-bond acceptors (Lipinski definition) is 4. The number of anilines is 1. The van der Waals surface area contributed by atoms with Crippen LogP contribution in [0.5, 0.6) is 5.75 Å². The summed E-state index contributed by atoms with van der Waals surface area (Å²) in [5, 5.41) is 13.8. The van der Waals surface area contributed by atoms with Crippen molar-refractivity contribution < 1.29 is 5.11 Å². The Morgan fingerprint density at radius 1 is 1.13 bits per heavy atom. The lowest BCUT2D eigenvalue weighted by Crippen LogP contribution is -2.29. The highest BCUT2D eigenvalue weighted by molar-refractivity contribution is 5.58. The maximum Gasteiger partial charge on any atom is 0.119 e. The van der Waals surface area contributed by atoms with Crippen LogP contribution in [0.2, 0.25) is 0 Å². The summed E-state index contributed by atoms with van der Waals surface area (Å²) in [5.41, 5.74) is 8.20. The molecule has 0 aromatic heterocycles. The molecule has 0 radical (unpaired) electrons. The molecule has 3 aliphatic rings. The predicted molar refractivity (Wildman–Crippen MR) is 162 cm³/mol. The molecule has 2 unspecified atom stereocenters. The highest BCUT2D eigenvalue weighted by Gasteiger charge is 2.28. The van der Waals surface area contributed by atoms with E-state index in [9.17, 15) is 5.11 Å². The average molecular weight is 518 g/mol. The first kappa shape index (κ1) is 28.5. The fraction of sp³-hybridized carbons (Fsp3) is 0.588. The van der Waals surface area contributed by atoms with Crippen LogP contribution in [0.1, 0.15) is 87.6 Å². The lowest BCUT2D eigenvalue weighted by Gasteiger charge is -2.24. The van der Waals surface area contributed by atoms with Gasteiger partial charge in [-0.1, -0.05) is 58.4 Å². The first-order chi connectivity index (χ1) is 18.4. The van der Waals surface area contributed by atoms with Crippen molar-refractivity contribution in [1.29, 1.82) is 0 Å². The van der Waals surface area contributed by atoms with Gasteiger partial charge in [-0.05, 0) is 110 Å². The summed E-state index contributed by atoms with van der Waals surface area (Å²) in [5.74, 6) is 2.01. The van der Waals surface area contributed by atoms with Crippen LogP contribution >= 0.6 is 0 Å². The lowest BCUT2D eigenvalue weighted by molar-refractivity contribution is 0.239. The number of phenolic OH excluding ortho intramolecular Hbond substituents is 1. The molecule has 38 heavy (non-hydrogen) atoms. The number of nitrogens with one attached hydrogen (secondary N) is 1. The van der Waals surface area contributed by atoms with Crippen molar-refractivity contribution in [3.8, 4) is 5.75 Å². The highest BCUT2D eigenvalue weighted by Crippen LogP contribution is 2.31. The number of nitrogens with zero attached hydrogens (tertiary/aromatic N) is 2. The van der Waals surface area contributed by atoms with Gasteiger partial charge in [0.1, 0.15) is 5.75 Å². The molecular weight excluding hydrogens is 466 g/mol. The molecular formula is C34H51N3O. The second kappa shape index (κ2) is 13.6. The molecule has 2 N–H and O–H groups in total. The Labute approximate surface area is 232 Å². The van der Waals surface area contributed by atoms with E-state index in [1.165, 1.54) is 73.0 Å². The second-order valence-corrected chi connectivity index (χ2v) is 12.0. The van der Waals surface area contributed by atoms with E-state index in [4.69, 9.17) is 0 Å². The Morgan fingerprint density at radius 2 is 1.95 bits per heavy atom. The van der Waals surface area contributed by atoms with Gasteiger partial charge in [-0.2, -0.15) is 0 Å². The summed E-state index contributed by atoms with van der Waals surface area (Å²) in [6.07, 6.45) is 11.5. The van der Waals surface area contributed by atoms with Gasteiger partial charge in [0.15, 0.2) is 0 Å². The molecule has 0 spiro atoms. The molecule has 1 aliphatic carbocycles. The molecule has 2 aliphatic heterocycles. The minimum Gasteiger partial charge on any atom is -0.508 e. The fourth-order valence-electron chi connectivity index (χ4n) is 6.33. The lowest BCUT2D eigenvalue weighted by atomic mass is 9.98. The molecule has 5 rings (SSSR count). The van der Waals surface area contributed by atoms with Crippen molar-refractivity contribution in [3.05, 3.63) is 70.9 Å². The largest absolute Gasteiger partial charge is 0.508 e. The number of hydrogen-bond donors (Lipinski definition) is 2. The molecule has 4 heteroatoms. The fourth-order valence-corrected chi connectivity index (χ4v) is 6.33. The normalized spacial score (nSPS) is 21.4. The van der Waals surface area contributed by atoms with Crippen molar-refractivity contribution in [1.82, 2.24) is 9.80 Å². The Kier molecular flexibility index (Phi) is 10.2. The van der Waals surface area contributed by atoms with E-state index in [1.807, 2.05) is 12.3 Å². The summed E-state index contributed by atoms with van der Waals surface area (Å²) >= 11 is 0. The van der Waals surface area contributed by atoms with Crippen LogP contribution in [0.25, 0.3) is 0 Å². The van der Waals surface area contributed by atoms with E-state index < -0.39 is 0 Å². The number of likely N-dealkylation sites (tertiary alicyclic amines) is 1. The van der Waals surface area contributed by atoms with Crippen LogP contribution in [0.4, 0.5) is 5.69 Å². The van der Waals surface area contributed by atoms with Gasteiger partial charge in [-0.25, -0.2) is 0 Å². The third-order valence-corrected chi connectivity index (χ3v) is 9.25. The van der Waals surface area contributed by atoms with Gasteiger partial charge in [0.2, 0.25) is 0 Å². The summed E-state index contributed by atoms with van der Waals surface area (Å²) in [6.45, 7) is 18.6. The van der Waals surface area contributed by atoms with Crippen molar-refractivity contribution in [2.24, 2.45) is 11.8 Å². The van der Waals surface area contributed by atoms with Crippen LogP contribution < -0.4 is 5.32 Å². The highest BCUT2D eigenvalue weighted by atomic mass is 16.3. The molecule has 1 saturated heterocycles. The SMILES string of the molecule is C=CN(Cc1cc(O)c2c(c1)CCCCC2)CC(C)CC.CC1[C@H](C)CCN1Cc1cccc2c1CCN2. The first-order valence-electron chi connectivity index (χ1n) is 15.2. The van der Waals surface area contributed by atoms with Crippen molar-refractivity contribution in [2.45, 2.75) is 98.2 Å². The number of aryl methyl sites for hydroxylation is 1. The van der Waals surface area contributed by atoms with Crippen LogP contribution in [0, 0.1) is 11.8 Å². The van der Waals surface area contributed by atoms with E-state index in [1.54, 1.807) is 5.56 Å². The van der Waals surface area contributed by atoms with E-state index in [0.29, 0.717) is 11.7 Å². The molecule has 0 saturated carbocycles. The van der Waals surface area contributed by atoms with Crippen molar-refractivity contribution in [2.75, 3.05) is 25.0 Å². The maximum absolute atomic E-state index is 10.3. The van der Waals surface area contributed by atoms with Gasteiger partial charge in [0.05, 0.1) is 0 Å². The Bertz CT molecular complexity index is 1060. The quantitative estimate of drug-likeness (QED) is 0.355. The van der Waals surface area contributed by atoms with Crippen LogP contribution in [-0.4, -0.2) is 40.6 Å². The predicted octanol–water partition coefficient (Wildman–Crippen LogP) is 7.54. The molecule has 208 valence electrons. The van der Waals surface area contributed by atoms with Crippen LogP contribution in [0.15, 0.2) is 43.1 Å². The Hall–Kier alpha value is -2.46. The van der Waals surface area contributed by atoms with E-state index in [2.05, 4.69) is 73.7 Å². The number of rotatable bonds is 8. The zero-order valence-electron chi connectivity index (χ0n) is 24.4. The summed E-state index contributed by atoms with van der Waals surface area (Å²) in [4.78, 5) is 4.89. The maximum atomic E-state index is 10.3. The number of phenols is 1. The van der Waals surface area contributed by atoms with Gasteiger partial charge >= 0.3 is 0 Å². The topological polar surface area (TPSA) is 38.7 Å². The zero-order chi connectivity index (χ0) is 27.1. The van der Waals surface area contributed by atoms with Gasteiger partial charge < -0.3 is 15.3 Å². The second-order valence-electron chi connectivity index (χ2n) is 12.0. The van der Waals surface area contributed by atoms with Crippen LogP contribution in [0.3, 0.4) is 0 Å². The monoisotopic (exact) mass is 517 g/mol. The van der Waals surface area contributed by atoms with E-state index >= 15 is 0 Å². The molecule has 0 amide bonds. The van der Waals surface area contributed by atoms with Gasteiger partial charge in [0.25, 0.3) is 0 Å². The minimum absolute atomic E-state index is 0.497. The molecule has 3 atom stereocenters. The Morgan fingerprint density at radius 3 is 2.68 bits per heavy atom. The average Bonchev–Trinajstić information content (AvgIpc) is 3.43.